The van der Waals surface area contributed by atoms with Gasteiger partial charge in [0, 0.05) is 17.8 Å². The maximum Gasteiger partial charge on any atom is 0.128 e. The van der Waals surface area contributed by atoms with E-state index in [1.54, 1.807) is 6.07 Å². The number of hydrogen-bond donors (Lipinski definition) is 1. The number of rotatable bonds is 4. The zero-order chi connectivity index (χ0) is 14.8. The maximum atomic E-state index is 13.9. The summed E-state index contributed by atoms with van der Waals surface area (Å²) in [7, 11) is 0. The fourth-order valence-electron chi connectivity index (χ4n) is 2.79. The zero-order valence-electron chi connectivity index (χ0n) is 12.1. The monoisotopic (exact) mass is 282 g/mol. The smallest absolute Gasteiger partial charge is 0.128 e. The number of aromatic nitrogens is 1. The molecule has 0 aliphatic rings. The molecule has 0 bridgehead atoms. The SMILES string of the molecule is CC(N)Cc1cccc2ccn(Cc3ccccc3F)c12. The molecule has 1 heterocycles. The molecule has 0 saturated heterocycles. The second-order valence-electron chi connectivity index (χ2n) is 5.57. The summed E-state index contributed by atoms with van der Waals surface area (Å²) in [6.45, 7) is 2.54. The van der Waals surface area contributed by atoms with Gasteiger partial charge in [0.1, 0.15) is 5.82 Å². The van der Waals surface area contributed by atoms with Crippen molar-refractivity contribution < 1.29 is 4.39 Å². The molecule has 1 atom stereocenters. The summed E-state index contributed by atoms with van der Waals surface area (Å²) >= 11 is 0. The predicted molar refractivity (Wildman–Crippen MR) is 84.8 cm³/mol. The van der Waals surface area contributed by atoms with Gasteiger partial charge in [-0.2, -0.15) is 0 Å². The third kappa shape index (κ3) is 2.83. The Balaban J connectivity index is 2.05. The molecule has 2 nitrogen and oxygen atoms in total. The van der Waals surface area contributed by atoms with Crippen molar-refractivity contribution in [1.29, 1.82) is 0 Å². The van der Waals surface area contributed by atoms with E-state index in [-0.39, 0.29) is 11.9 Å². The number of hydrogen-bond acceptors (Lipinski definition) is 1. The first-order valence-electron chi connectivity index (χ1n) is 7.21. The van der Waals surface area contributed by atoms with Crippen LogP contribution in [0, 0.1) is 5.82 Å². The van der Waals surface area contributed by atoms with Crippen LogP contribution < -0.4 is 5.73 Å². The molecule has 108 valence electrons. The molecule has 0 saturated carbocycles. The zero-order valence-corrected chi connectivity index (χ0v) is 12.1. The molecular formula is C18H19FN2. The number of para-hydroxylation sites is 1. The van der Waals surface area contributed by atoms with Crippen LogP contribution in [-0.2, 0) is 13.0 Å². The van der Waals surface area contributed by atoms with E-state index in [0.717, 1.165) is 11.9 Å². The molecule has 21 heavy (non-hydrogen) atoms. The lowest BCUT2D eigenvalue weighted by molar-refractivity contribution is 0.601. The first kappa shape index (κ1) is 13.8. The van der Waals surface area contributed by atoms with Gasteiger partial charge in [0.2, 0.25) is 0 Å². The van der Waals surface area contributed by atoms with Crippen LogP contribution in [0.3, 0.4) is 0 Å². The molecule has 0 radical (unpaired) electrons. The van der Waals surface area contributed by atoms with E-state index in [0.29, 0.717) is 12.1 Å². The normalized spacial score (nSPS) is 12.7. The van der Waals surface area contributed by atoms with E-state index in [1.165, 1.54) is 17.0 Å². The van der Waals surface area contributed by atoms with E-state index in [9.17, 15) is 4.39 Å². The number of benzene rings is 2. The minimum Gasteiger partial charge on any atom is -0.343 e. The predicted octanol–water partition coefficient (Wildman–Crippen LogP) is 3.72. The number of nitrogens with zero attached hydrogens (tertiary/aromatic N) is 1. The summed E-state index contributed by atoms with van der Waals surface area (Å²) in [6.07, 6.45) is 2.83. The Bertz CT molecular complexity index is 759. The molecule has 1 unspecified atom stereocenters. The van der Waals surface area contributed by atoms with Gasteiger partial charge in [0.15, 0.2) is 0 Å². The molecule has 1 aromatic heterocycles. The van der Waals surface area contributed by atoms with Gasteiger partial charge in [-0.3, -0.25) is 0 Å². The maximum absolute atomic E-state index is 13.9. The number of halogens is 1. The van der Waals surface area contributed by atoms with Gasteiger partial charge in [-0.25, -0.2) is 4.39 Å². The average molecular weight is 282 g/mol. The van der Waals surface area contributed by atoms with Crippen molar-refractivity contribution in [3.63, 3.8) is 0 Å². The van der Waals surface area contributed by atoms with Crippen molar-refractivity contribution in [3.8, 4) is 0 Å². The quantitative estimate of drug-likeness (QED) is 0.777. The van der Waals surface area contributed by atoms with E-state index >= 15 is 0 Å². The Kier molecular flexibility index (Phi) is 3.76. The second kappa shape index (κ2) is 5.70. The van der Waals surface area contributed by atoms with Crippen molar-refractivity contribution in [1.82, 2.24) is 4.57 Å². The van der Waals surface area contributed by atoms with Gasteiger partial charge in [0.25, 0.3) is 0 Å². The fourth-order valence-corrected chi connectivity index (χ4v) is 2.79. The highest BCUT2D eigenvalue weighted by atomic mass is 19.1. The highest BCUT2D eigenvalue weighted by molar-refractivity contribution is 5.83. The first-order valence-corrected chi connectivity index (χ1v) is 7.21. The average Bonchev–Trinajstić information content (AvgIpc) is 2.85. The molecule has 0 aliphatic carbocycles. The highest BCUT2D eigenvalue weighted by Crippen LogP contribution is 2.23. The lowest BCUT2D eigenvalue weighted by Gasteiger charge is -2.12. The standard InChI is InChI=1S/C18H19FN2/c1-13(20)11-15-7-4-6-14-9-10-21(18(14)15)12-16-5-2-3-8-17(16)19/h2-10,13H,11-12,20H2,1H3. The number of fused-ring (bicyclic) bond motifs is 1. The van der Waals surface area contributed by atoms with Crippen LogP contribution in [0.5, 0.6) is 0 Å². The summed E-state index contributed by atoms with van der Waals surface area (Å²) < 4.78 is 16.0. The topological polar surface area (TPSA) is 30.9 Å². The third-order valence-electron chi connectivity index (χ3n) is 3.71. The minimum absolute atomic E-state index is 0.104. The van der Waals surface area contributed by atoms with Gasteiger partial charge < -0.3 is 10.3 Å². The summed E-state index contributed by atoms with van der Waals surface area (Å²) in [4.78, 5) is 0. The van der Waals surface area contributed by atoms with Crippen LogP contribution in [0.2, 0.25) is 0 Å². The first-order chi connectivity index (χ1) is 10.1. The van der Waals surface area contributed by atoms with Crippen molar-refractivity contribution in [2.75, 3.05) is 0 Å². The third-order valence-corrected chi connectivity index (χ3v) is 3.71. The van der Waals surface area contributed by atoms with Crippen molar-refractivity contribution >= 4 is 10.9 Å². The molecule has 3 aromatic rings. The Morgan fingerprint density at radius 1 is 1.05 bits per heavy atom. The Morgan fingerprint density at radius 2 is 1.81 bits per heavy atom. The molecule has 2 aromatic carbocycles. The molecule has 3 heteroatoms. The fraction of sp³-hybridized carbons (Fsp3) is 0.222. The molecule has 2 N–H and O–H groups in total. The molecule has 0 aliphatic heterocycles. The Hall–Kier alpha value is -2.13. The summed E-state index contributed by atoms with van der Waals surface area (Å²) in [6, 6.07) is 15.3. The van der Waals surface area contributed by atoms with Gasteiger partial charge in [-0.1, -0.05) is 36.4 Å². The highest BCUT2D eigenvalue weighted by Gasteiger charge is 2.10. The largest absolute Gasteiger partial charge is 0.343 e. The van der Waals surface area contributed by atoms with Gasteiger partial charge in [-0.15, -0.1) is 0 Å². The minimum atomic E-state index is -0.163. The van der Waals surface area contributed by atoms with Crippen molar-refractivity contribution in [3.05, 3.63) is 71.7 Å². The van der Waals surface area contributed by atoms with E-state index in [2.05, 4.69) is 22.8 Å². The molecule has 3 rings (SSSR count). The van der Waals surface area contributed by atoms with Crippen LogP contribution >= 0.6 is 0 Å². The Morgan fingerprint density at radius 3 is 2.57 bits per heavy atom. The van der Waals surface area contributed by atoms with E-state index in [4.69, 9.17) is 5.73 Å². The van der Waals surface area contributed by atoms with E-state index < -0.39 is 0 Å². The summed E-state index contributed by atoms with van der Waals surface area (Å²) in [5.41, 5.74) is 9.00. The summed E-state index contributed by atoms with van der Waals surface area (Å²) in [5.74, 6) is -0.163. The lowest BCUT2D eigenvalue weighted by atomic mass is 10.0. The Labute approximate surface area is 124 Å². The summed E-state index contributed by atoms with van der Waals surface area (Å²) in [5, 5.41) is 1.17. The van der Waals surface area contributed by atoms with Gasteiger partial charge in [0.05, 0.1) is 12.1 Å². The van der Waals surface area contributed by atoms with Crippen LogP contribution in [-0.4, -0.2) is 10.6 Å². The van der Waals surface area contributed by atoms with E-state index in [1.807, 2.05) is 31.3 Å². The van der Waals surface area contributed by atoms with Crippen LogP contribution in [0.4, 0.5) is 4.39 Å². The van der Waals surface area contributed by atoms with Crippen LogP contribution in [0.15, 0.2) is 54.7 Å². The van der Waals surface area contributed by atoms with Crippen molar-refractivity contribution in [2.45, 2.75) is 25.9 Å². The second-order valence-corrected chi connectivity index (χ2v) is 5.57. The number of nitrogens with two attached hydrogens (primary N) is 1. The molecule has 0 fully saturated rings. The van der Waals surface area contributed by atoms with Crippen LogP contribution in [0.25, 0.3) is 10.9 Å². The lowest BCUT2D eigenvalue weighted by Crippen LogP contribution is -2.18. The van der Waals surface area contributed by atoms with Crippen molar-refractivity contribution in [2.24, 2.45) is 5.73 Å². The van der Waals surface area contributed by atoms with Gasteiger partial charge in [-0.05, 0) is 36.4 Å². The molecule has 0 spiro atoms. The van der Waals surface area contributed by atoms with Gasteiger partial charge >= 0.3 is 0 Å². The molecule has 0 amide bonds. The van der Waals surface area contributed by atoms with Crippen LogP contribution in [0.1, 0.15) is 18.1 Å². The molecular weight excluding hydrogens is 263 g/mol.